The molecule has 6 nitrogen and oxygen atoms in total. The monoisotopic (exact) mass is 405 g/mol. The molecule has 0 saturated heterocycles. The largest absolute Gasteiger partial charge is 0.340 e. The summed E-state index contributed by atoms with van der Waals surface area (Å²) in [5.74, 6) is -0.666. The van der Waals surface area contributed by atoms with Crippen LogP contribution >= 0.6 is 23.4 Å². The van der Waals surface area contributed by atoms with Crippen LogP contribution < -0.4 is 16.2 Å². The highest BCUT2D eigenvalue weighted by atomic mass is 35.5. The second kappa shape index (κ2) is 10.6. The number of nitrogens with one attached hydrogen (secondary N) is 3. The molecule has 1 atom stereocenters. The quantitative estimate of drug-likeness (QED) is 0.618. The van der Waals surface area contributed by atoms with Gasteiger partial charge in [-0.1, -0.05) is 35.9 Å². The van der Waals surface area contributed by atoms with E-state index in [1.54, 1.807) is 60.3 Å². The Morgan fingerprint density at radius 2 is 1.67 bits per heavy atom. The minimum Gasteiger partial charge on any atom is -0.340 e. The zero-order chi connectivity index (χ0) is 19.6. The number of thioether (sulfide) groups is 1. The first-order chi connectivity index (χ1) is 13.0. The van der Waals surface area contributed by atoms with E-state index in [9.17, 15) is 14.4 Å². The highest BCUT2D eigenvalue weighted by Gasteiger charge is 2.21. The van der Waals surface area contributed by atoms with Crippen molar-refractivity contribution in [3.8, 4) is 0 Å². The first-order valence-electron chi connectivity index (χ1n) is 8.22. The van der Waals surface area contributed by atoms with Gasteiger partial charge in [-0.15, -0.1) is 0 Å². The summed E-state index contributed by atoms with van der Waals surface area (Å²) < 4.78 is 0. The number of hydrogen-bond acceptors (Lipinski definition) is 4. The van der Waals surface area contributed by atoms with Gasteiger partial charge in [0.05, 0.1) is 0 Å². The maximum Gasteiger partial charge on any atom is 0.269 e. The number of amides is 3. The van der Waals surface area contributed by atoms with E-state index in [1.807, 2.05) is 6.26 Å². The minimum atomic E-state index is -0.773. The van der Waals surface area contributed by atoms with Crippen LogP contribution in [-0.2, 0) is 4.79 Å². The average molecular weight is 406 g/mol. The van der Waals surface area contributed by atoms with Gasteiger partial charge in [0.1, 0.15) is 6.04 Å². The molecule has 2 aromatic carbocycles. The Balaban J connectivity index is 1.97. The van der Waals surface area contributed by atoms with E-state index in [4.69, 9.17) is 11.6 Å². The smallest absolute Gasteiger partial charge is 0.269 e. The van der Waals surface area contributed by atoms with Crippen molar-refractivity contribution in [2.45, 2.75) is 12.5 Å². The minimum absolute atomic E-state index is 0.316. The van der Waals surface area contributed by atoms with E-state index in [-0.39, 0.29) is 5.91 Å². The molecule has 0 bridgehead atoms. The Morgan fingerprint density at radius 3 is 2.33 bits per heavy atom. The summed E-state index contributed by atoms with van der Waals surface area (Å²) in [6, 6.07) is 14.2. The van der Waals surface area contributed by atoms with Crippen molar-refractivity contribution in [2.24, 2.45) is 0 Å². The van der Waals surface area contributed by atoms with Crippen molar-refractivity contribution in [1.29, 1.82) is 0 Å². The molecular weight excluding hydrogens is 386 g/mol. The van der Waals surface area contributed by atoms with E-state index < -0.39 is 17.9 Å². The number of benzene rings is 2. The molecule has 0 aliphatic heterocycles. The molecule has 0 aromatic heterocycles. The molecule has 0 saturated carbocycles. The van der Waals surface area contributed by atoms with Gasteiger partial charge in [0.15, 0.2) is 0 Å². The zero-order valence-corrected chi connectivity index (χ0v) is 16.3. The maximum atomic E-state index is 12.4. The third-order valence-electron chi connectivity index (χ3n) is 3.65. The molecule has 0 spiro atoms. The molecule has 3 amide bonds. The summed E-state index contributed by atoms with van der Waals surface area (Å²) in [7, 11) is 0. The first kappa shape index (κ1) is 20.8. The molecule has 142 valence electrons. The van der Waals surface area contributed by atoms with E-state index in [1.165, 1.54) is 6.07 Å². The number of carbonyl (C=O) groups is 3. The van der Waals surface area contributed by atoms with Crippen molar-refractivity contribution in [3.05, 3.63) is 70.7 Å². The summed E-state index contributed by atoms with van der Waals surface area (Å²) in [6.45, 7) is 0. The fourth-order valence-electron chi connectivity index (χ4n) is 2.24. The number of halogens is 1. The van der Waals surface area contributed by atoms with E-state index in [0.717, 1.165) is 0 Å². The van der Waals surface area contributed by atoms with Crippen LogP contribution in [-0.4, -0.2) is 35.8 Å². The van der Waals surface area contributed by atoms with Gasteiger partial charge < -0.3 is 5.32 Å². The number of carbonyl (C=O) groups excluding carboxylic acids is 3. The van der Waals surface area contributed by atoms with Crippen LogP contribution in [0.1, 0.15) is 27.1 Å². The molecule has 0 aliphatic rings. The predicted octanol–water partition coefficient (Wildman–Crippen LogP) is 2.65. The molecule has 0 fully saturated rings. The van der Waals surface area contributed by atoms with Crippen LogP contribution in [0.2, 0.25) is 5.02 Å². The van der Waals surface area contributed by atoms with Crippen LogP contribution in [0, 0.1) is 0 Å². The average Bonchev–Trinajstić information content (AvgIpc) is 2.69. The van der Waals surface area contributed by atoms with Gasteiger partial charge in [0.25, 0.3) is 17.7 Å². The highest BCUT2D eigenvalue weighted by molar-refractivity contribution is 7.98. The van der Waals surface area contributed by atoms with E-state index in [0.29, 0.717) is 28.3 Å². The van der Waals surface area contributed by atoms with Crippen LogP contribution in [0.5, 0.6) is 0 Å². The van der Waals surface area contributed by atoms with E-state index >= 15 is 0 Å². The topological polar surface area (TPSA) is 87.3 Å². The molecule has 3 N–H and O–H groups in total. The van der Waals surface area contributed by atoms with E-state index in [2.05, 4.69) is 16.2 Å². The molecule has 0 aliphatic carbocycles. The molecule has 8 heteroatoms. The Morgan fingerprint density at radius 1 is 0.963 bits per heavy atom. The van der Waals surface area contributed by atoms with Crippen molar-refractivity contribution >= 4 is 41.1 Å². The summed E-state index contributed by atoms with van der Waals surface area (Å²) in [5.41, 5.74) is 5.48. The van der Waals surface area contributed by atoms with Crippen LogP contribution in [0.3, 0.4) is 0 Å². The molecular formula is C19H20ClN3O3S. The summed E-state index contributed by atoms with van der Waals surface area (Å²) in [6.07, 6.45) is 2.34. The van der Waals surface area contributed by atoms with Gasteiger partial charge in [-0.3, -0.25) is 25.2 Å². The molecule has 0 heterocycles. The summed E-state index contributed by atoms with van der Waals surface area (Å²) in [4.78, 5) is 36.9. The fourth-order valence-corrected chi connectivity index (χ4v) is 2.90. The van der Waals surface area contributed by atoms with Gasteiger partial charge >= 0.3 is 0 Å². The number of rotatable bonds is 7. The van der Waals surface area contributed by atoms with Crippen LogP contribution in [0.25, 0.3) is 0 Å². The normalized spacial score (nSPS) is 11.3. The lowest BCUT2D eigenvalue weighted by Crippen LogP contribution is -2.52. The molecule has 27 heavy (non-hydrogen) atoms. The molecule has 0 unspecified atom stereocenters. The van der Waals surface area contributed by atoms with Gasteiger partial charge in [-0.05, 0) is 48.8 Å². The second-order valence-electron chi connectivity index (χ2n) is 5.63. The maximum absolute atomic E-state index is 12.4. The van der Waals surface area contributed by atoms with Gasteiger partial charge in [-0.25, -0.2) is 0 Å². The van der Waals surface area contributed by atoms with Crippen LogP contribution in [0.4, 0.5) is 0 Å². The Labute approximate surface area is 167 Å². The van der Waals surface area contributed by atoms with Gasteiger partial charge in [-0.2, -0.15) is 11.8 Å². The van der Waals surface area contributed by atoms with Gasteiger partial charge in [0.2, 0.25) is 0 Å². The molecule has 2 rings (SSSR count). The second-order valence-corrected chi connectivity index (χ2v) is 7.05. The number of hydrazine groups is 1. The lowest BCUT2D eigenvalue weighted by Gasteiger charge is -2.18. The lowest BCUT2D eigenvalue weighted by molar-refractivity contribution is -0.123. The third kappa shape index (κ3) is 6.62. The van der Waals surface area contributed by atoms with Gasteiger partial charge in [0, 0.05) is 16.1 Å². The van der Waals surface area contributed by atoms with Crippen LogP contribution in [0.15, 0.2) is 54.6 Å². The summed E-state index contributed by atoms with van der Waals surface area (Å²) in [5, 5.41) is 3.12. The lowest BCUT2D eigenvalue weighted by atomic mass is 10.1. The van der Waals surface area contributed by atoms with Crippen molar-refractivity contribution < 1.29 is 14.4 Å². The van der Waals surface area contributed by atoms with Crippen molar-refractivity contribution in [1.82, 2.24) is 16.2 Å². The highest BCUT2D eigenvalue weighted by Crippen LogP contribution is 2.10. The van der Waals surface area contributed by atoms with Crippen molar-refractivity contribution in [2.75, 3.05) is 12.0 Å². The predicted molar refractivity (Wildman–Crippen MR) is 108 cm³/mol. The summed E-state index contributed by atoms with van der Waals surface area (Å²) >= 11 is 7.42. The Bertz CT molecular complexity index is 802. The number of hydrogen-bond donors (Lipinski definition) is 3. The molecule has 2 aromatic rings. The zero-order valence-electron chi connectivity index (χ0n) is 14.7. The fraction of sp³-hybridized carbons (Fsp3) is 0.211. The standard InChI is InChI=1S/C19H20ClN3O3S/c1-27-11-10-16(21-17(24)13-6-3-2-4-7-13)19(26)23-22-18(25)14-8-5-9-15(20)12-14/h2-9,12,16H,10-11H2,1H3,(H,21,24)(H,22,25)(H,23,26)/t16-/m1/s1. The Kier molecular flexibility index (Phi) is 8.16. The Hall–Kier alpha value is -2.51. The van der Waals surface area contributed by atoms with Crippen molar-refractivity contribution in [3.63, 3.8) is 0 Å². The first-order valence-corrected chi connectivity index (χ1v) is 9.99. The molecule has 0 radical (unpaired) electrons. The SMILES string of the molecule is CSCC[C@@H](NC(=O)c1ccccc1)C(=O)NNC(=O)c1cccc(Cl)c1. The third-order valence-corrected chi connectivity index (χ3v) is 4.53.